The van der Waals surface area contributed by atoms with E-state index in [1.165, 1.54) is 11.3 Å². The Kier molecular flexibility index (Phi) is 7.23. The van der Waals surface area contributed by atoms with Crippen molar-refractivity contribution in [1.82, 2.24) is 10.2 Å². The Morgan fingerprint density at radius 3 is 2.65 bits per heavy atom. The zero-order chi connectivity index (χ0) is 24.2. The van der Waals surface area contributed by atoms with Gasteiger partial charge < -0.3 is 13.9 Å². The number of benzene rings is 2. The van der Waals surface area contributed by atoms with Gasteiger partial charge in [0.2, 0.25) is 11.0 Å². The van der Waals surface area contributed by atoms with Gasteiger partial charge in [0, 0.05) is 28.2 Å². The normalized spacial score (nSPS) is 11.6. The van der Waals surface area contributed by atoms with E-state index in [4.69, 9.17) is 13.9 Å². The molecule has 0 atom stereocenters. The Balaban J connectivity index is 1.70. The number of amides is 1. The number of carbonyl (C=O) groups excluding carboxylic acids is 1. The number of rotatable bonds is 8. The Labute approximate surface area is 206 Å². The molecular weight excluding hydrogens is 470 g/mol. The van der Waals surface area contributed by atoms with E-state index in [0.717, 1.165) is 54.6 Å². The fraction of sp³-hybridized carbons (Fsp3) is 0.240. The molecule has 0 aliphatic rings. The molecule has 7 nitrogen and oxygen atoms in total. The maximum atomic E-state index is 12.7. The van der Waals surface area contributed by atoms with Gasteiger partial charge in [-0.25, -0.2) is 0 Å². The summed E-state index contributed by atoms with van der Waals surface area (Å²) in [6.45, 7) is 5.88. The van der Waals surface area contributed by atoms with E-state index in [2.05, 4.69) is 15.5 Å². The second-order valence-corrected chi connectivity index (χ2v) is 9.95. The average molecular weight is 496 g/mol. The molecule has 0 unspecified atom stereocenters. The summed E-state index contributed by atoms with van der Waals surface area (Å²) in [6, 6.07) is 9.82. The molecule has 2 heterocycles. The monoisotopic (exact) mass is 495 g/mol. The van der Waals surface area contributed by atoms with Gasteiger partial charge in [0.25, 0.3) is 0 Å². The summed E-state index contributed by atoms with van der Waals surface area (Å²) in [7, 11) is 3.26. The van der Waals surface area contributed by atoms with Crippen molar-refractivity contribution in [3.63, 3.8) is 0 Å². The molecule has 0 aliphatic carbocycles. The van der Waals surface area contributed by atoms with Crippen LogP contribution in [0.1, 0.15) is 25.0 Å². The Bertz CT molecular complexity index is 1360. The van der Waals surface area contributed by atoms with E-state index >= 15 is 0 Å². The van der Waals surface area contributed by atoms with E-state index in [-0.39, 0.29) is 5.91 Å². The first-order valence-electron chi connectivity index (χ1n) is 10.6. The summed E-state index contributed by atoms with van der Waals surface area (Å²) in [4.78, 5) is 12.7. The van der Waals surface area contributed by atoms with Gasteiger partial charge in [-0.05, 0) is 48.9 Å². The Morgan fingerprint density at radius 2 is 1.97 bits per heavy atom. The molecule has 4 aromatic rings. The summed E-state index contributed by atoms with van der Waals surface area (Å²) in [5.41, 5.74) is 5.15. The maximum absolute atomic E-state index is 12.7. The molecule has 0 aliphatic heterocycles. The minimum absolute atomic E-state index is 0.274. The maximum Gasteiger partial charge on any atom is 0.250 e. The number of nitrogens with one attached hydrogen (secondary N) is 1. The summed E-state index contributed by atoms with van der Waals surface area (Å²) in [6.07, 6.45) is 3.29. The smallest absolute Gasteiger partial charge is 0.250 e. The first kappa shape index (κ1) is 23.8. The highest BCUT2D eigenvalue weighted by Crippen LogP contribution is 2.40. The second-order valence-electron chi connectivity index (χ2n) is 7.46. The van der Waals surface area contributed by atoms with E-state index < -0.39 is 0 Å². The summed E-state index contributed by atoms with van der Waals surface area (Å²) in [5.74, 6) is 2.08. The third-order valence-electron chi connectivity index (χ3n) is 5.33. The van der Waals surface area contributed by atoms with Crippen LogP contribution in [-0.2, 0) is 4.79 Å². The van der Waals surface area contributed by atoms with Crippen molar-refractivity contribution in [2.45, 2.75) is 25.1 Å². The highest BCUT2D eigenvalue weighted by Gasteiger charge is 2.19. The molecule has 176 valence electrons. The van der Waals surface area contributed by atoms with Crippen LogP contribution in [0.3, 0.4) is 0 Å². The number of methoxy groups -OCH3 is 2. The van der Waals surface area contributed by atoms with E-state index in [1.54, 1.807) is 38.3 Å². The molecule has 4 rings (SSSR count). The zero-order valence-corrected chi connectivity index (χ0v) is 21.2. The van der Waals surface area contributed by atoms with E-state index in [9.17, 15) is 4.79 Å². The standard InChI is InChI=1S/C25H25N3O4S2/c1-6-33-25-28-27-24(34-25)26-21(29)11-14(2)18-12-19-20(16-7-9-17(30-4)10-8-16)13-32-23(19)15(3)22(18)31-5/h7-13H,6H2,1-5H3,(H,26,27,29)/b14-11+. The van der Waals surface area contributed by atoms with Gasteiger partial charge in [0.1, 0.15) is 17.1 Å². The lowest BCUT2D eigenvalue weighted by Crippen LogP contribution is -2.08. The SMILES string of the molecule is CCSc1nnc(NC(=O)/C=C(\C)c2cc3c(-c4ccc(OC)cc4)coc3c(C)c2OC)s1. The average Bonchev–Trinajstić information content (AvgIpc) is 3.46. The van der Waals surface area contributed by atoms with Crippen LogP contribution in [0.15, 0.2) is 51.4 Å². The fourth-order valence-corrected chi connectivity index (χ4v) is 5.38. The lowest BCUT2D eigenvalue weighted by molar-refractivity contribution is -0.111. The number of furan rings is 1. The van der Waals surface area contributed by atoms with Crippen LogP contribution in [0.25, 0.3) is 27.7 Å². The molecule has 0 fully saturated rings. The highest BCUT2D eigenvalue weighted by atomic mass is 32.2. The molecular formula is C25H25N3O4S2. The molecule has 34 heavy (non-hydrogen) atoms. The largest absolute Gasteiger partial charge is 0.497 e. The zero-order valence-electron chi connectivity index (χ0n) is 19.6. The lowest BCUT2D eigenvalue weighted by atomic mass is 9.96. The lowest BCUT2D eigenvalue weighted by Gasteiger charge is -2.13. The molecule has 0 spiro atoms. The van der Waals surface area contributed by atoms with Gasteiger partial charge in [-0.2, -0.15) is 0 Å². The third-order valence-corrected chi connectivity index (χ3v) is 7.18. The molecule has 2 aromatic carbocycles. The summed E-state index contributed by atoms with van der Waals surface area (Å²) >= 11 is 2.95. The van der Waals surface area contributed by atoms with Crippen molar-refractivity contribution >= 4 is 50.7 Å². The molecule has 0 bridgehead atoms. The van der Waals surface area contributed by atoms with Crippen molar-refractivity contribution in [3.8, 4) is 22.6 Å². The predicted octanol–water partition coefficient (Wildman–Crippen LogP) is 6.43. The summed E-state index contributed by atoms with van der Waals surface area (Å²) < 4.78 is 17.7. The minimum atomic E-state index is -0.274. The van der Waals surface area contributed by atoms with Crippen molar-refractivity contribution < 1.29 is 18.7 Å². The Hall–Kier alpha value is -3.30. The van der Waals surface area contributed by atoms with Gasteiger partial charge in [-0.15, -0.1) is 10.2 Å². The number of aromatic nitrogens is 2. The van der Waals surface area contributed by atoms with Crippen LogP contribution < -0.4 is 14.8 Å². The molecule has 0 saturated heterocycles. The quantitative estimate of drug-likeness (QED) is 0.171. The van der Waals surface area contributed by atoms with Crippen molar-refractivity contribution in [2.24, 2.45) is 0 Å². The molecule has 1 N–H and O–H groups in total. The number of nitrogens with zero attached hydrogens (tertiary/aromatic N) is 2. The molecule has 0 saturated carbocycles. The van der Waals surface area contributed by atoms with Crippen LogP contribution in [0.2, 0.25) is 0 Å². The number of hydrogen-bond donors (Lipinski definition) is 1. The van der Waals surface area contributed by atoms with Crippen LogP contribution in [0.5, 0.6) is 11.5 Å². The molecule has 0 radical (unpaired) electrons. The number of allylic oxidation sites excluding steroid dienone is 1. The first-order valence-corrected chi connectivity index (χ1v) is 12.4. The van der Waals surface area contributed by atoms with E-state index in [1.807, 2.05) is 51.1 Å². The van der Waals surface area contributed by atoms with Crippen LogP contribution in [0, 0.1) is 6.92 Å². The number of hydrogen-bond acceptors (Lipinski definition) is 8. The molecule has 1 amide bonds. The topological polar surface area (TPSA) is 86.5 Å². The number of aryl methyl sites for hydroxylation is 1. The minimum Gasteiger partial charge on any atom is -0.497 e. The first-order chi connectivity index (χ1) is 16.4. The number of carbonyl (C=O) groups is 1. The number of anilines is 1. The molecule has 9 heteroatoms. The van der Waals surface area contributed by atoms with Crippen molar-refractivity contribution in [1.29, 1.82) is 0 Å². The van der Waals surface area contributed by atoms with Gasteiger partial charge in [0.05, 0.1) is 20.5 Å². The third kappa shape index (κ3) is 4.80. The second kappa shape index (κ2) is 10.3. The van der Waals surface area contributed by atoms with Gasteiger partial charge in [-0.1, -0.05) is 42.2 Å². The number of fused-ring (bicyclic) bond motifs is 1. The summed E-state index contributed by atoms with van der Waals surface area (Å²) in [5, 5.41) is 12.3. The number of thioether (sulfide) groups is 1. The van der Waals surface area contributed by atoms with Crippen molar-refractivity contribution in [3.05, 3.63) is 53.8 Å². The van der Waals surface area contributed by atoms with E-state index in [0.29, 0.717) is 10.9 Å². The van der Waals surface area contributed by atoms with Gasteiger partial charge in [0.15, 0.2) is 4.34 Å². The van der Waals surface area contributed by atoms with Gasteiger partial charge >= 0.3 is 0 Å². The molecule has 2 aromatic heterocycles. The van der Waals surface area contributed by atoms with Crippen molar-refractivity contribution in [2.75, 3.05) is 25.3 Å². The van der Waals surface area contributed by atoms with Gasteiger partial charge in [-0.3, -0.25) is 10.1 Å². The van der Waals surface area contributed by atoms with Crippen LogP contribution >= 0.6 is 23.1 Å². The predicted molar refractivity (Wildman–Crippen MR) is 138 cm³/mol. The number of ether oxygens (including phenoxy) is 2. The highest BCUT2D eigenvalue weighted by molar-refractivity contribution is 8.01. The fourth-order valence-electron chi connectivity index (χ4n) is 3.72. The van der Waals surface area contributed by atoms with Crippen LogP contribution in [-0.4, -0.2) is 36.1 Å². The Morgan fingerprint density at radius 1 is 1.21 bits per heavy atom. The van der Waals surface area contributed by atoms with Crippen LogP contribution in [0.4, 0.5) is 5.13 Å².